The van der Waals surface area contributed by atoms with Crippen molar-refractivity contribution in [2.45, 2.75) is 19.5 Å². The summed E-state index contributed by atoms with van der Waals surface area (Å²) in [6.45, 7) is 6.61. The molecule has 0 bridgehead atoms. The van der Waals surface area contributed by atoms with Gasteiger partial charge < -0.3 is 9.88 Å². The molecule has 1 fully saturated rings. The lowest BCUT2D eigenvalue weighted by atomic mass is 10.2. The van der Waals surface area contributed by atoms with Gasteiger partial charge in [0.25, 0.3) is 0 Å². The molecule has 0 spiro atoms. The van der Waals surface area contributed by atoms with Crippen LogP contribution in [0.1, 0.15) is 12.6 Å². The fourth-order valence-electron chi connectivity index (χ4n) is 1.92. The minimum Gasteiger partial charge on any atom is -0.337 e. The molecular weight excluding hydrogens is 176 g/mol. The maximum Gasteiger partial charge on any atom is 0.0945 e. The van der Waals surface area contributed by atoms with Crippen LogP contribution in [-0.4, -0.2) is 40.1 Å². The van der Waals surface area contributed by atoms with Gasteiger partial charge in [0, 0.05) is 45.5 Å². The first-order valence-electron chi connectivity index (χ1n) is 5.16. The number of nitrogens with one attached hydrogen (secondary N) is 1. The standard InChI is InChI=1S/C10H18N4/c1-9-6-14(4-3-12-9)7-10-5-11-8-13(10)2/h5,8-9,12H,3-4,6-7H2,1-2H3/t9-/m1/s1. The quantitative estimate of drug-likeness (QED) is 0.731. The number of hydrogen-bond donors (Lipinski definition) is 1. The molecule has 1 atom stereocenters. The summed E-state index contributed by atoms with van der Waals surface area (Å²) in [5.41, 5.74) is 1.29. The normalized spacial score (nSPS) is 24.0. The molecule has 1 aliphatic rings. The van der Waals surface area contributed by atoms with E-state index in [0.717, 1.165) is 26.2 Å². The molecule has 0 radical (unpaired) electrons. The Bertz CT molecular complexity index is 294. The second-order valence-electron chi connectivity index (χ2n) is 4.09. The molecule has 0 aliphatic carbocycles. The average molecular weight is 194 g/mol. The van der Waals surface area contributed by atoms with Crippen LogP contribution in [-0.2, 0) is 13.6 Å². The van der Waals surface area contributed by atoms with Gasteiger partial charge in [-0.1, -0.05) is 0 Å². The van der Waals surface area contributed by atoms with Crippen LogP contribution >= 0.6 is 0 Å². The summed E-state index contributed by atoms with van der Waals surface area (Å²) >= 11 is 0. The van der Waals surface area contributed by atoms with E-state index >= 15 is 0 Å². The van der Waals surface area contributed by atoms with E-state index in [1.807, 2.05) is 19.6 Å². The highest BCUT2D eigenvalue weighted by molar-refractivity contribution is 4.97. The molecule has 1 aromatic rings. The highest BCUT2D eigenvalue weighted by Gasteiger charge is 2.16. The van der Waals surface area contributed by atoms with Gasteiger partial charge in [0.1, 0.15) is 0 Å². The zero-order valence-electron chi connectivity index (χ0n) is 8.90. The van der Waals surface area contributed by atoms with Gasteiger partial charge in [-0.25, -0.2) is 4.98 Å². The first kappa shape index (κ1) is 9.68. The third-order valence-electron chi connectivity index (χ3n) is 2.75. The fourth-order valence-corrected chi connectivity index (χ4v) is 1.92. The highest BCUT2D eigenvalue weighted by Crippen LogP contribution is 2.05. The Kier molecular flexibility index (Phi) is 2.84. The monoisotopic (exact) mass is 194 g/mol. The van der Waals surface area contributed by atoms with Crippen molar-refractivity contribution in [3.8, 4) is 0 Å². The second-order valence-corrected chi connectivity index (χ2v) is 4.09. The number of piperazine rings is 1. The van der Waals surface area contributed by atoms with Crippen molar-refractivity contribution >= 4 is 0 Å². The second kappa shape index (κ2) is 4.11. The van der Waals surface area contributed by atoms with E-state index in [0.29, 0.717) is 6.04 Å². The maximum atomic E-state index is 4.13. The van der Waals surface area contributed by atoms with Gasteiger partial charge >= 0.3 is 0 Å². The Morgan fingerprint density at radius 2 is 2.50 bits per heavy atom. The molecule has 4 nitrogen and oxygen atoms in total. The van der Waals surface area contributed by atoms with Gasteiger partial charge in [-0.3, -0.25) is 4.90 Å². The zero-order chi connectivity index (χ0) is 9.97. The topological polar surface area (TPSA) is 33.1 Å². The van der Waals surface area contributed by atoms with E-state index in [-0.39, 0.29) is 0 Å². The lowest BCUT2D eigenvalue weighted by Crippen LogP contribution is -2.48. The third-order valence-corrected chi connectivity index (χ3v) is 2.75. The van der Waals surface area contributed by atoms with E-state index < -0.39 is 0 Å². The SMILES string of the molecule is C[C@@H]1CN(Cc2cncn2C)CCN1. The Balaban J connectivity index is 1.94. The molecule has 2 rings (SSSR count). The summed E-state index contributed by atoms with van der Waals surface area (Å²) in [7, 11) is 2.05. The van der Waals surface area contributed by atoms with Gasteiger partial charge in [0.15, 0.2) is 0 Å². The Labute approximate surface area is 84.9 Å². The molecule has 0 unspecified atom stereocenters. The van der Waals surface area contributed by atoms with Crippen molar-refractivity contribution in [3.63, 3.8) is 0 Å². The lowest BCUT2D eigenvalue weighted by Gasteiger charge is -2.31. The number of rotatable bonds is 2. The van der Waals surface area contributed by atoms with Gasteiger partial charge in [-0.15, -0.1) is 0 Å². The number of imidazole rings is 1. The summed E-state index contributed by atoms with van der Waals surface area (Å²) in [6.07, 6.45) is 3.81. The maximum absolute atomic E-state index is 4.13. The molecule has 1 aromatic heterocycles. The third kappa shape index (κ3) is 2.13. The first-order valence-corrected chi connectivity index (χ1v) is 5.16. The van der Waals surface area contributed by atoms with E-state index in [2.05, 4.69) is 26.7 Å². The Hall–Kier alpha value is -0.870. The van der Waals surface area contributed by atoms with Crippen molar-refractivity contribution in [1.82, 2.24) is 19.8 Å². The molecule has 14 heavy (non-hydrogen) atoms. The summed E-state index contributed by atoms with van der Waals surface area (Å²) in [5, 5.41) is 3.44. The number of hydrogen-bond acceptors (Lipinski definition) is 3. The number of aryl methyl sites for hydroxylation is 1. The fraction of sp³-hybridized carbons (Fsp3) is 0.700. The summed E-state index contributed by atoms with van der Waals surface area (Å²) in [5.74, 6) is 0. The molecule has 1 N–H and O–H groups in total. The summed E-state index contributed by atoms with van der Waals surface area (Å²) in [6, 6.07) is 0.608. The average Bonchev–Trinajstić information content (AvgIpc) is 2.52. The van der Waals surface area contributed by atoms with Gasteiger partial charge in [0.05, 0.1) is 12.0 Å². The van der Waals surface area contributed by atoms with E-state index in [4.69, 9.17) is 0 Å². The molecule has 1 saturated heterocycles. The van der Waals surface area contributed by atoms with Crippen LogP contribution in [0.15, 0.2) is 12.5 Å². The Morgan fingerprint density at radius 1 is 1.64 bits per heavy atom. The predicted octanol–water partition coefficient (Wildman–Crippen LogP) is 0.214. The Morgan fingerprint density at radius 3 is 3.14 bits per heavy atom. The van der Waals surface area contributed by atoms with Crippen molar-refractivity contribution in [3.05, 3.63) is 18.2 Å². The van der Waals surface area contributed by atoms with E-state index in [9.17, 15) is 0 Å². The molecular formula is C10H18N4. The van der Waals surface area contributed by atoms with Crippen molar-refractivity contribution < 1.29 is 0 Å². The first-order chi connectivity index (χ1) is 6.75. The minimum absolute atomic E-state index is 0.608. The van der Waals surface area contributed by atoms with Crippen LogP contribution in [0, 0.1) is 0 Å². The summed E-state index contributed by atoms with van der Waals surface area (Å²) in [4.78, 5) is 6.60. The number of aromatic nitrogens is 2. The van der Waals surface area contributed by atoms with Crippen LogP contribution in [0.3, 0.4) is 0 Å². The molecule has 0 saturated carbocycles. The number of nitrogens with zero attached hydrogens (tertiary/aromatic N) is 3. The van der Waals surface area contributed by atoms with Gasteiger partial charge in [-0.05, 0) is 6.92 Å². The van der Waals surface area contributed by atoms with Crippen LogP contribution in [0.4, 0.5) is 0 Å². The highest BCUT2D eigenvalue weighted by atomic mass is 15.2. The van der Waals surface area contributed by atoms with Crippen LogP contribution in [0.2, 0.25) is 0 Å². The van der Waals surface area contributed by atoms with E-state index in [1.165, 1.54) is 5.69 Å². The zero-order valence-corrected chi connectivity index (χ0v) is 8.90. The van der Waals surface area contributed by atoms with Crippen molar-refractivity contribution in [1.29, 1.82) is 0 Å². The largest absolute Gasteiger partial charge is 0.337 e. The van der Waals surface area contributed by atoms with Gasteiger partial charge in [-0.2, -0.15) is 0 Å². The van der Waals surface area contributed by atoms with Crippen molar-refractivity contribution in [2.24, 2.45) is 7.05 Å². The molecule has 1 aliphatic heterocycles. The molecule has 0 aromatic carbocycles. The summed E-state index contributed by atoms with van der Waals surface area (Å²) < 4.78 is 2.09. The van der Waals surface area contributed by atoms with Gasteiger partial charge in [0.2, 0.25) is 0 Å². The smallest absolute Gasteiger partial charge is 0.0945 e. The van der Waals surface area contributed by atoms with Crippen LogP contribution in [0.25, 0.3) is 0 Å². The predicted molar refractivity (Wildman–Crippen MR) is 55.9 cm³/mol. The van der Waals surface area contributed by atoms with Crippen LogP contribution in [0.5, 0.6) is 0 Å². The minimum atomic E-state index is 0.608. The molecule has 4 heteroatoms. The molecule has 0 amide bonds. The van der Waals surface area contributed by atoms with Crippen LogP contribution < -0.4 is 5.32 Å². The van der Waals surface area contributed by atoms with Crippen molar-refractivity contribution in [2.75, 3.05) is 19.6 Å². The lowest BCUT2D eigenvalue weighted by molar-refractivity contribution is 0.196. The molecule has 78 valence electrons. The van der Waals surface area contributed by atoms with E-state index in [1.54, 1.807) is 0 Å². The molecule has 2 heterocycles.